The van der Waals surface area contributed by atoms with Crippen molar-refractivity contribution in [2.24, 2.45) is 4.99 Å². The van der Waals surface area contributed by atoms with Gasteiger partial charge in [-0.05, 0) is 76.5 Å². The first-order valence-electron chi connectivity index (χ1n) is 10.2. The fourth-order valence-electron chi connectivity index (χ4n) is 4.01. The summed E-state index contributed by atoms with van der Waals surface area (Å²) in [5.74, 6) is 0.217. The minimum atomic E-state index is -0.0195. The standard InChI is InChI=1S/C24H28N4O2/c1-27(2)11-9-15-13-25-19-7-5-18(24(30)21(15)19)17-6-8-20(29)22-16(10-12-28(3)4)14-26-23(17)22/h5-8,13-14,25,30H,9-12H2,1-4H3. The van der Waals surface area contributed by atoms with E-state index < -0.39 is 0 Å². The van der Waals surface area contributed by atoms with E-state index in [-0.39, 0.29) is 11.5 Å². The van der Waals surface area contributed by atoms with Gasteiger partial charge in [0, 0.05) is 47.5 Å². The van der Waals surface area contributed by atoms with Crippen LogP contribution in [0.1, 0.15) is 17.5 Å². The van der Waals surface area contributed by atoms with E-state index in [2.05, 4.69) is 19.8 Å². The van der Waals surface area contributed by atoms with E-state index in [9.17, 15) is 9.90 Å². The number of allylic oxidation sites excluding steroid dienone is 4. The predicted molar refractivity (Wildman–Crippen MR) is 122 cm³/mol. The molecule has 4 rings (SSSR count). The van der Waals surface area contributed by atoms with Crippen LogP contribution in [0.5, 0.6) is 5.75 Å². The van der Waals surface area contributed by atoms with Gasteiger partial charge in [-0.2, -0.15) is 0 Å². The summed E-state index contributed by atoms with van der Waals surface area (Å²) in [7, 11) is 8.10. The van der Waals surface area contributed by atoms with Crippen LogP contribution in [-0.4, -0.2) is 73.2 Å². The summed E-state index contributed by atoms with van der Waals surface area (Å²) < 4.78 is 0. The van der Waals surface area contributed by atoms with Crippen molar-refractivity contribution in [2.45, 2.75) is 12.8 Å². The van der Waals surface area contributed by atoms with Gasteiger partial charge in [0.15, 0.2) is 5.78 Å². The summed E-state index contributed by atoms with van der Waals surface area (Å²) in [4.78, 5) is 24.7. The Kier molecular flexibility index (Phi) is 5.45. The van der Waals surface area contributed by atoms with Gasteiger partial charge in [0.2, 0.25) is 0 Å². The fourth-order valence-corrected chi connectivity index (χ4v) is 4.01. The normalized spacial score (nSPS) is 16.1. The maximum Gasteiger partial charge on any atom is 0.188 e. The number of aromatic hydroxyl groups is 1. The number of H-pyrrole nitrogens is 1. The zero-order chi connectivity index (χ0) is 21.4. The Morgan fingerprint density at radius 2 is 1.77 bits per heavy atom. The molecule has 0 unspecified atom stereocenters. The maximum atomic E-state index is 12.6. The van der Waals surface area contributed by atoms with E-state index in [1.54, 1.807) is 18.4 Å². The third kappa shape index (κ3) is 3.64. The molecule has 1 aliphatic carbocycles. The number of ketones is 1. The van der Waals surface area contributed by atoms with E-state index in [1.807, 2.05) is 46.5 Å². The monoisotopic (exact) mass is 404 g/mol. The van der Waals surface area contributed by atoms with Crippen molar-refractivity contribution in [1.82, 2.24) is 14.8 Å². The molecule has 2 aliphatic rings. The SMILES string of the molecule is CN(C)CCC1=C2C(=O)C=CC(c3ccc4[nH]cc(CCN(C)C)c4c3O)=C2N=C1. The zero-order valence-electron chi connectivity index (χ0n) is 18.0. The minimum Gasteiger partial charge on any atom is -0.507 e. The Hall–Kier alpha value is -2.96. The smallest absolute Gasteiger partial charge is 0.188 e. The van der Waals surface area contributed by atoms with Crippen LogP contribution in [-0.2, 0) is 11.2 Å². The zero-order valence-corrected chi connectivity index (χ0v) is 18.0. The Balaban J connectivity index is 1.79. The Bertz CT molecular complexity index is 1130. The van der Waals surface area contributed by atoms with Crippen LogP contribution in [0.2, 0.25) is 0 Å². The predicted octanol–water partition coefficient (Wildman–Crippen LogP) is 3.16. The molecular weight excluding hydrogens is 376 g/mol. The summed E-state index contributed by atoms with van der Waals surface area (Å²) in [5.41, 5.74) is 5.77. The fraction of sp³-hybridized carbons (Fsp3) is 0.333. The number of aromatic amines is 1. The van der Waals surface area contributed by atoms with Gasteiger partial charge < -0.3 is 19.9 Å². The first-order valence-corrected chi connectivity index (χ1v) is 10.2. The number of nitrogens with one attached hydrogen (secondary N) is 1. The second-order valence-electron chi connectivity index (χ2n) is 8.42. The highest BCUT2D eigenvalue weighted by molar-refractivity contribution is 6.18. The molecular formula is C24H28N4O2. The number of hydrogen-bond donors (Lipinski definition) is 2. The number of hydrogen-bond acceptors (Lipinski definition) is 5. The van der Waals surface area contributed by atoms with Crippen LogP contribution in [0.4, 0.5) is 0 Å². The molecule has 2 aromatic rings. The minimum absolute atomic E-state index is 0.0195. The summed E-state index contributed by atoms with van der Waals surface area (Å²) in [6.07, 6.45) is 8.73. The number of aromatic nitrogens is 1. The molecule has 6 nitrogen and oxygen atoms in total. The average Bonchev–Trinajstić information content (AvgIpc) is 3.31. The van der Waals surface area contributed by atoms with E-state index >= 15 is 0 Å². The number of carbonyl (C=O) groups excluding carboxylic acids is 1. The molecule has 1 aliphatic heterocycles. The number of carbonyl (C=O) groups is 1. The molecule has 0 amide bonds. The lowest BCUT2D eigenvalue weighted by Gasteiger charge is -2.16. The summed E-state index contributed by atoms with van der Waals surface area (Å²) in [6, 6.07) is 3.88. The summed E-state index contributed by atoms with van der Waals surface area (Å²) in [5, 5.41) is 12.0. The third-order valence-corrected chi connectivity index (χ3v) is 5.66. The largest absolute Gasteiger partial charge is 0.507 e. The molecule has 2 heterocycles. The number of likely N-dealkylation sites (N-methyl/N-ethyl adjacent to an activating group) is 1. The molecule has 156 valence electrons. The van der Waals surface area contributed by atoms with Crippen LogP contribution >= 0.6 is 0 Å². The van der Waals surface area contributed by atoms with Gasteiger partial charge >= 0.3 is 0 Å². The van der Waals surface area contributed by atoms with Gasteiger partial charge in [-0.25, -0.2) is 0 Å². The van der Waals surface area contributed by atoms with Crippen molar-refractivity contribution < 1.29 is 9.90 Å². The lowest BCUT2D eigenvalue weighted by Crippen LogP contribution is -2.15. The van der Waals surface area contributed by atoms with Crippen molar-refractivity contribution in [1.29, 1.82) is 0 Å². The highest BCUT2D eigenvalue weighted by Crippen LogP contribution is 2.41. The van der Waals surface area contributed by atoms with Crippen molar-refractivity contribution in [3.8, 4) is 5.75 Å². The molecule has 6 heteroatoms. The number of benzene rings is 1. The van der Waals surface area contributed by atoms with Gasteiger partial charge in [0.1, 0.15) is 5.75 Å². The van der Waals surface area contributed by atoms with E-state index in [4.69, 9.17) is 0 Å². The van der Waals surface area contributed by atoms with Gasteiger partial charge in [-0.3, -0.25) is 9.79 Å². The van der Waals surface area contributed by atoms with Crippen molar-refractivity contribution in [3.63, 3.8) is 0 Å². The maximum absolute atomic E-state index is 12.6. The molecule has 0 spiro atoms. The van der Waals surface area contributed by atoms with Crippen LogP contribution in [0, 0.1) is 0 Å². The Labute approximate surface area is 176 Å². The third-order valence-electron chi connectivity index (χ3n) is 5.66. The molecule has 0 atom stereocenters. The van der Waals surface area contributed by atoms with Crippen LogP contribution in [0.25, 0.3) is 16.5 Å². The number of phenolic OH excluding ortho intramolecular Hbond substituents is 1. The van der Waals surface area contributed by atoms with Gasteiger partial charge in [0.05, 0.1) is 11.3 Å². The quantitative estimate of drug-likeness (QED) is 0.744. The van der Waals surface area contributed by atoms with E-state index in [0.717, 1.165) is 53.5 Å². The van der Waals surface area contributed by atoms with Crippen molar-refractivity contribution >= 4 is 28.5 Å². The molecule has 0 fully saturated rings. The van der Waals surface area contributed by atoms with Crippen molar-refractivity contribution in [3.05, 3.63) is 58.5 Å². The average molecular weight is 405 g/mol. The lowest BCUT2D eigenvalue weighted by atomic mass is 9.89. The Morgan fingerprint density at radius 1 is 1.03 bits per heavy atom. The van der Waals surface area contributed by atoms with Crippen LogP contribution < -0.4 is 0 Å². The van der Waals surface area contributed by atoms with Crippen LogP contribution in [0.15, 0.2) is 52.3 Å². The van der Waals surface area contributed by atoms with E-state index in [1.165, 1.54) is 0 Å². The van der Waals surface area contributed by atoms with E-state index in [0.29, 0.717) is 16.8 Å². The molecule has 2 N–H and O–H groups in total. The first-order chi connectivity index (χ1) is 14.4. The number of fused-ring (bicyclic) bond motifs is 2. The lowest BCUT2D eigenvalue weighted by molar-refractivity contribution is -0.111. The molecule has 30 heavy (non-hydrogen) atoms. The van der Waals surface area contributed by atoms with Gasteiger partial charge in [-0.15, -0.1) is 0 Å². The molecule has 0 saturated carbocycles. The first kappa shape index (κ1) is 20.3. The summed E-state index contributed by atoms with van der Waals surface area (Å²) in [6.45, 7) is 1.74. The number of rotatable bonds is 7. The van der Waals surface area contributed by atoms with Gasteiger partial charge in [-0.1, -0.05) is 0 Å². The van der Waals surface area contributed by atoms with Crippen LogP contribution in [0.3, 0.4) is 0 Å². The number of nitrogens with zero attached hydrogens (tertiary/aromatic N) is 3. The second kappa shape index (κ2) is 8.05. The molecule has 0 bridgehead atoms. The molecule has 0 saturated heterocycles. The molecule has 1 aromatic carbocycles. The van der Waals surface area contributed by atoms with Gasteiger partial charge in [0.25, 0.3) is 0 Å². The molecule has 1 aromatic heterocycles. The summed E-state index contributed by atoms with van der Waals surface area (Å²) >= 11 is 0. The highest BCUT2D eigenvalue weighted by Gasteiger charge is 2.28. The topological polar surface area (TPSA) is 71.9 Å². The highest BCUT2D eigenvalue weighted by atomic mass is 16.3. The Morgan fingerprint density at radius 3 is 2.50 bits per heavy atom. The van der Waals surface area contributed by atoms with Crippen molar-refractivity contribution in [2.75, 3.05) is 41.3 Å². The molecule has 0 radical (unpaired) electrons. The second-order valence-corrected chi connectivity index (χ2v) is 8.42. The number of aliphatic imine (C=N–C) groups is 1. The number of phenols is 1.